The molecule has 4 nitrogen and oxygen atoms in total. The van der Waals surface area contributed by atoms with E-state index in [-0.39, 0.29) is 12.2 Å². The van der Waals surface area contributed by atoms with Gasteiger partial charge in [0, 0.05) is 13.2 Å². The Kier molecular flexibility index (Phi) is 5.97. The molecule has 0 bridgehead atoms. The highest BCUT2D eigenvalue weighted by atomic mass is 19.2. The van der Waals surface area contributed by atoms with Gasteiger partial charge >= 0.3 is 5.97 Å². The first-order chi connectivity index (χ1) is 9.42. The first-order valence-electron chi connectivity index (χ1n) is 5.95. The molecule has 0 saturated carbocycles. The van der Waals surface area contributed by atoms with Gasteiger partial charge < -0.3 is 9.84 Å². The molecule has 0 saturated heterocycles. The highest BCUT2D eigenvalue weighted by molar-refractivity contribution is 5.77. The quantitative estimate of drug-likeness (QED) is 0.639. The lowest BCUT2D eigenvalue weighted by Gasteiger charge is -2.26. The van der Waals surface area contributed by atoms with Gasteiger partial charge in [-0.15, -0.1) is 0 Å². The summed E-state index contributed by atoms with van der Waals surface area (Å²) in [5, 5.41) is 8.78. The van der Waals surface area contributed by atoms with Gasteiger partial charge in [0.2, 0.25) is 0 Å². The lowest BCUT2D eigenvalue weighted by Crippen LogP contribution is -2.33. The van der Waals surface area contributed by atoms with Gasteiger partial charge in [0.05, 0.1) is 7.11 Å². The Balaban J connectivity index is 3.14. The van der Waals surface area contributed by atoms with E-state index in [1.165, 1.54) is 11.9 Å². The van der Waals surface area contributed by atoms with E-state index in [0.29, 0.717) is 13.0 Å². The molecule has 20 heavy (non-hydrogen) atoms. The average molecular weight is 291 g/mol. The maximum atomic E-state index is 13.3. The molecule has 1 N–H and O–H groups in total. The van der Waals surface area contributed by atoms with Crippen LogP contribution in [0.15, 0.2) is 12.1 Å². The molecule has 1 unspecified atom stereocenters. The van der Waals surface area contributed by atoms with Crippen molar-refractivity contribution >= 4 is 5.97 Å². The van der Waals surface area contributed by atoms with Crippen molar-refractivity contribution in [1.82, 2.24) is 4.90 Å². The van der Waals surface area contributed by atoms with Gasteiger partial charge in [0.1, 0.15) is 6.04 Å². The zero-order valence-electron chi connectivity index (χ0n) is 11.2. The third-order valence-corrected chi connectivity index (χ3v) is 2.86. The highest BCUT2D eigenvalue weighted by Gasteiger charge is 2.28. The number of rotatable bonds is 6. The molecular weight excluding hydrogens is 275 g/mol. The van der Waals surface area contributed by atoms with E-state index in [2.05, 4.69) is 4.74 Å². The Morgan fingerprint density at radius 1 is 1.35 bits per heavy atom. The second-order valence-electron chi connectivity index (χ2n) is 4.28. The van der Waals surface area contributed by atoms with Gasteiger partial charge in [-0.2, -0.15) is 0 Å². The number of methoxy groups -OCH3 is 1. The number of hydrogen-bond donors (Lipinski definition) is 1. The van der Waals surface area contributed by atoms with Crippen LogP contribution in [0.2, 0.25) is 0 Å². The molecule has 0 spiro atoms. The molecule has 1 rings (SSSR count). The van der Waals surface area contributed by atoms with Crippen LogP contribution >= 0.6 is 0 Å². The maximum absolute atomic E-state index is 13.3. The number of likely N-dealkylation sites (N-methyl/N-ethyl adjacent to an activating group) is 1. The number of carbonyl (C=O) groups excluding carboxylic acids is 1. The molecule has 0 aliphatic carbocycles. The third-order valence-electron chi connectivity index (χ3n) is 2.86. The normalized spacial score (nSPS) is 12.6. The molecule has 0 heterocycles. The number of hydrogen-bond acceptors (Lipinski definition) is 4. The summed E-state index contributed by atoms with van der Waals surface area (Å²) in [5.74, 6) is -5.06. The van der Waals surface area contributed by atoms with Gasteiger partial charge in [0.25, 0.3) is 0 Å². The van der Waals surface area contributed by atoms with Crippen molar-refractivity contribution in [2.75, 3.05) is 27.3 Å². The van der Waals surface area contributed by atoms with Crippen LogP contribution in [0.4, 0.5) is 13.2 Å². The largest absolute Gasteiger partial charge is 0.468 e. The molecular formula is C13H16F3NO3. The summed E-state index contributed by atoms with van der Waals surface area (Å²) < 4.78 is 44.1. The van der Waals surface area contributed by atoms with Crippen LogP contribution in [-0.4, -0.2) is 43.3 Å². The third kappa shape index (κ3) is 3.71. The molecule has 7 heteroatoms. The van der Waals surface area contributed by atoms with E-state index in [1.54, 1.807) is 0 Å². The molecule has 0 aromatic heterocycles. The Labute approximate surface area is 114 Å². The van der Waals surface area contributed by atoms with Gasteiger partial charge in [-0.25, -0.2) is 18.0 Å². The monoisotopic (exact) mass is 291 g/mol. The van der Waals surface area contributed by atoms with Crippen molar-refractivity contribution in [3.8, 4) is 0 Å². The van der Waals surface area contributed by atoms with Crippen molar-refractivity contribution in [3.63, 3.8) is 0 Å². The minimum Gasteiger partial charge on any atom is -0.468 e. The van der Waals surface area contributed by atoms with E-state index in [9.17, 15) is 18.0 Å². The standard InChI is InChI=1S/C13H16F3NO3/c1-17(4-3-5-18)12(13(19)20-2)8-6-9(14)11(16)10(15)7-8/h6-7,12,18H,3-5H2,1-2H3. The first-order valence-corrected chi connectivity index (χ1v) is 5.95. The van der Waals surface area contributed by atoms with E-state index in [0.717, 1.165) is 19.2 Å². The molecule has 0 fully saturated rings. The number of aliphatic hydroxyl groups excluding tert-OH is 1. The Bertz CT molecular complexity index is 459. The SMILES string of the molecule is COC(=O)C(c1cc(F)c(F)c(F)c1)N(C)CCCO. The van der Waals surface area contributed by atoms with Gasteiger partial charge in [0.15, 0.2) is 17.5 Å². The van der Waals surface area contributed by atoms with Crippen LogP contribution in [0.3, 0.4) is 0 Å². The fraction of sp³-hybridized carbons (Fsp3) is 0.462. The molecule has 1 aromatic rings. The van der Waals surface area contributed by atoms with Crippen molar-refractivity contribution in [1.29, 1.82) is 0 Å². The highest BCUT2D eigenvalue weighted by Crippen LogP contribution is 2.24. The number of carbonyl (C=O) groups is 1. The molecule has 1 atom stereocenters. The predicted molar refractivity (Wildman–Crippen MR) is 65.4 cm³/mol. The Hall–Kier alpha value is -1.60. The lowest BCUT2D eigenvalue weighted by atomic mass is 10.0. The summed E-state index contributed by atoms with van der Waals surface area (Å²) in [7, 11) is 2.68. The van der Waals surface area contributed by atoms with E-state index in [1.807, 2.05) is 0 Å². The smallest absolute Gasteiger partial charge is 0.327 e. The summed E-state index contributed by atoms with van der Waals surface area (Å²) in [6.45, 7) is 0.210. The summed E-state index contributed by atoms with van der Waals surface area (Å²) >= 11 is 0. The second-order valence-corrected chi connectivity index (χ2v) is 4.28. The fourth-order valence-electron chi connectivity index (χ4n) is 1.86. The molecule has 1 aromatic carbocycles. The first kappa shape index (κ1) is 16.5. The van der Waals surface area contributed by atoms with Crippen molar-refractivity contribution in [3.05, 3.63) is 35.1 Å². The van der Waals surface area contributed by atoms with Crippen LogP contribution in [0.25, 0.3) is 0 Å². The van der Waals surface area contributed by atoms with Crippen molar-refractivity contribution in [2.45, 2.75) is 12.5 Å². The Morgan fingerprint density at radius 2 is 1.90 bits per heavy atom. The van der Waals surface area contributed by atoms with E-state index in [4.69, 9.17) is 5.11 Å². The number of nitrogens with zero attached hydrogens (tertiary/aromatic N) is 1. The number of halogens is 3. The molecule has 0 radical (unpaired) electrons. The van der Waals surface area contributed by atoms with Crippen LogP contribution in [0, 0.1) is 17.5 Å². The van der Waals surface area contributed by atoms with Crippen molar-refractivity contribution < 1.29 is 27.8 Å². The number of aliphatic hydroxyl groups is 1. The summed E-state index contributed by atoms with van der Waals surface area (Å²) in [6, 6.07) is 0.446. The Morgan fingerprint density at radius 3 is 2.35 bits per heavy atom. The lowest BCUT2D eigenvalue weighted by molar-refractivity contribution is -0.146. The summed E-state index contributed by atoms with van der Waals surface area (Å²) in [6.07, 6.45) is 0.371. The van der Waals surface area contributed by atoms with E-state index < -0.39 is 29.5 Å². The van der Waals surface area contributed by atoms with Gasteiger partial charge in [-0.3, -0.25) is 4.90 Å². The number of benzene rings is 1. The molecule has 0 amide bonds. The molecule has 0 aliphatic heterocycles. The number of esters is 1. The van der Waals surface area contributed by atoms with Crippen LogP contribution < -0.4 is 0 Å². The van der Waals surface area contributed by atoms with Crippen LogP contribution in [0.5, 0.6) is 0 Å². The summed E-state index contributed by atoms with van der Waals surface area (Å²) in [5.41, 5.74) is -0.0475. The molecule has 112 valence electrons. The molecule has 0 aliphatic rings. The van der Waals surface area contributed by atoms with Crippen molar-refractivity contribution in [2.24, 2.45) is 0 Å². The minimum absolute atomic E-state index is 0.0475. The fourth-order valence-corrected chi connectivity index (χ4v) is 1.86. The van der Waals surface area contributed by atoms with Gasteiger partial charge in [-0.05, 0) is 31.2 Å². The van der Waals surface area contributed by atoms with Crippen LogP contribution in [0.1, 0.15) is 18.0 Å². The van der Waals surface area contributed by atoms with Gasteiger partial charge in [-0.1, -0.05) is 0 Å². The predicted octanol–water partition coefficient (Wildman–Crippen LogP) is 1.63. The zero-order valence-corrected chi connectivity index (χ0v) is 11.2. The minimum atomic E-state index is -1.59. The van der Waals surface area contributed by atoms with Crippen LogP contribution in [-0.2, 0) is 9.53 Å². The zero-order chi connectivity index (χ0) is 15.3. The number of ether oxygens (including phenoxy) is 1. The average Bonchev–Trinajstić information content (AvgIpc) is 2.42. The van der Waals surface area contributed by atoms with E-state index >= 15 is 0 Å². The maximum Gasteiger partial charge on any atom is 0.327 e. The summed E-state index contributed by atoms with van der Waals surface area (Å²) in [4.78, 5) is 13.2. The topological polar surface area (TPSA) is 49.8 Å². The second kappa shape index (κ2) is 7.25.